The zero-order valence-corrected chi connectivity index (χ0v) is 10.3. The monoisotopic (exact) mass is 289 g/mol. The Kier molecular flexibility index (Phi) is 3.27. The zero-order chi connectivity index (χ0) is 10.7. The molecule has 2 aromatic heterocycles. The zero-order valence-electron chi connectivity index (χ0n) is 7.90. The van der Waals surface area contributed by atoms with Crippen molar-refractivity contribution >= 4 is 32.4 Å². The number of aryl methyl sites for hydroxylation is 1. The lowest BCUT2D eigenvalue weighted by Crippen LogP contribution is -2.04. The minimum atomic E-state index is 0.628. The normalized spacial score (nSPS) is 10.5. The summed E-state index contributed by atoms with van der Waals surface area (Å²) in [5, 5.41) is 15.3. The van der Waals surface area contributed by atoms with E-state index in [0.29, 0.717) is 24.7 Å². The van der Waals surface area contributed by atoms with Crippen LogP contribution in [-0.4, -0.2) is 26.9 Å². The molecule has 0 unspecified atom stereocenters. The molecule has 0 atom stereocenters. The molecule has 2 heterocycles. The van der Waals surface area contributed by atoms with Crippen LogP contribution in [0.4, 0.5) is 5.13 Å². The highest BCUT2D eigenvalue weighted by Crippen LogP contribution is 2.19. The molecule has 15 heavy (non-hydrogen) atoms. The van der Waals surface area contributed by atoms with Gasteiger partial charge in [0.15, 0.2) is 9.74 Å². The Balaban J connectivity index is 1.80. The first-order valence-corrected chi connectivity index (χ1v) is 5.87. The van der Waals surface area contributed by atoms with Gasteiger partial charge in [-0.25, -0.2) is 0 Å². The van der Waals surface area contributed by atoms with Gasteiger partial charge in [-0.2, -0.15) is 4.98 Å². The summed E-state index contributed by atoms with van der Waals surface area (Å²) in [6.45, 7) is 2.49. The predicted molar refractivity (Wildman–Crippen MR) is 58.8 cm³/mol. The second-order valence-corrected chi connectivity index (χ2v) is 5.03. The molecule has 8 heteroatoms. The highest BCUT2D eigenvalue weighted by molar-refractivity contribution is 9.11. The van der Waals surface area contributed by atoms with Crippen molar-refractivity contribution < 1.29 is 4.52 Å². The molecule has 0 saturated heterocycles. The fourth-order valence-electron chi connectivity index (χ4n) is 0.995. The first-order chi connectivity index (χ1) is 7.24. The molecule has 0 bridgehead atoms. The molecule has 80 valence electrons. The maximum Gasteiger partial charge on any atom is 0.228 e. The van der Waals surface area contributed by atoms with E-state index in [2.05, 4.69) is 41.6 Å². The van der Waals surface area contributed by atoms with Crippen molar-refractivity contribution in [3.63, 3.8) is 0 Å². The van der Waals surface area contributed by atoms with Crippen molar-refractivity contribution in [1.29, 1.82) is 0 Å². The van der Waals surface area contributed by atoms with Crippen molar-refractivity contribution in [3.05, 3.63) is 15.6 Å². The van der Waals surface area contributed by atoms with Crippen LogP contribution >= 0.6 is 27.3 Å². The number of rotatable bonds is 4. The van der Waals surface area contributed by atoms with Crippen molar-refractivity contribution in [2.24, 2.45) is 0 Å². The predicted octanol–water partition coefficient (Wildman–Crippen LogP) is 1.65. The van der Waals surface area contributed by atoms with Gasteiger partial charge in [0, 0.05) is 13.0 Å². The third-order valence-corrected chi connectivity index (χ3v) is 2.90. The fraction of sp³-hybridized carbons (Fsp3) is 0.429. The first kappa shape index (κ1) is 10.5. The van der Waals surface area contributed by atoms with Crippen LogP contribution < -0.4 is 5.32 Å². The summed E-state index contributed by atoms with van der Waals surface area (Å²) in [4.78, 5) is 4.09. The van der Waals surface area contributed by atoms with E-state index in [1.54, 1.807) is 6.92 Å². The molecule has 0 aromatic carbocycles. The molecule has 6 nitrogen and oxygen atoms in total. The van der Waals surface area contributed by atoms with Gasteiger partial charge in [0.05, 0.1) is 0 Å². The van der Waals surface area contributed by atoms with Crippen LogP contribution in [0.2, 0.25) is 0 Å². The number of nitrogens with one attached hydrogen (secondary N) is 1. The maximum atomic E-state index is 4.96. The van der Waals surface area contributed by atoms with Gasteiger partial charge in [-0.3, -0.25) is 0 Å². The average molecular weight is 290 g/mol. The maximum absolute atomic E-state index is 4.96. The van der Waals surface area contributed by atoms with E-state index in [0.717, 1.165) is 9.05 Å². The summed E-state index contributed by atoms with van der Waals surface area (Å²) in [5.41, 5.74) is 0. The van der Waals surface area contributed by atoms with E-state index in [1.165, 1.54) is 11.3 Å². The smallest absolute Gasteiger partial charge is 0.228 e. The topological polar surface area (TPSA) is 76.7 Å². The van der Waals surface area contributed by atoms with E-state index >= 15 is 0 Å². The molecule has 2 aromatic rings. The highest BCUT2D eigenvalue weighted by Gasteiger charge is 2.03. The highest BCUT2D eigenvalue weighted by atomic mass is 79.9. The summed E-state index contributed by atoms with van der Waals surface area (Å²) >= 11 is 4.68. The quantitative estimate of drug-likeness (QED) is 0.922. The molecule has 2 rings (SSSR count). The summed E-state index contributed by atoms with van der Waals surface area (Å²) in [6.07, 6.45) is 0.679. The van der Waals surface area contributed by atoms with Crippen molar-refractivity contribution in [2.45, 2.75) is 13.3 Å². The van der Waals surface area contributed by atoms with E-state index < -0.39 is 0 Å². The second-order valence-electron chi connectivity index (χ2n) is 2.77. The Bertz CT molecular complexity index is 402. The standard InChI is InChI=1S/C7H8BrN5OS/c1-4-10-5(14-13-4)2-3-9-7-12-11-6(8)15-7/h2-3H2,1H3,(H,9,12). The van der Waals surface area contributed by atoms with Gasteiger partial charge >= 0.3 is 0 Å². The summed E-state index contributed by atoms with van der Waals surface area (Å²) in [5.74, 6) is 1.28. The third kappa shape index (κ3) is 2.96. The Morgan fingerprint density at radius 3 is 2.93 bits per heavy atom. The fourth-order valence-corrected chi connectivity index (χ4v) is 2.03. The molecule has 0 saturated carbocycles. The molecule has 0 aliphatic carbocycles. The number of anilines is 1. The third-order valence-electron chi connectivity index (χ3n) is 1.59. The molecular weight excluding hydrogens is 282 g/mol. The second kappa shape index (κ2) is 4.67. The molecular formula is C7H8BrN5OS. The Morgan fingerprint density at radius 2 is 2.33 bits per heavy atom. The van der Waals surface area contributed by atoms with Crippen LogP contribution in [0.1, 0.15) is 11.7 Å². The van der Waals surface area contributed by atoms with E-state index in [-0.39, 0.29) is 0 Å². The van der Waals surface area contributed by atoms with Crippen LogP contribution in [0.3, 0.4) is 0 Å². The molecule has 1 N–H and O–H groups in total. The number of nitrogens with zero attached hydrogens (tertiary/aromatic N) is 4. The molecule has 0 amide bonds. The SMILES string of the molecule is Cc1noc(CCNc2nnc(Br)s2)n1. The average Bonchev–Trinajstić information content (AvgIpc) is 2.76. The van der Waals surface area contributed by atoms with E-state index in [9.17, 15) is 0 Å². The molecule has 0 radical (unpaired) electrons. The summed E-state index contributed by atoms with van der Waals surface area (Å²) in [7, 11) is 0. The summed E-state index contributed by atoms with van der Waals surface area (Å²) < 4.78 is 5.73. The molecule has 0 aliphatic heterocycles. The Morgan fingerprint density at radius 1 is 1.47 bits per heavy atom. The van der Waals surface area contributed by atoms with Crippen LogP contribution in [-0.2, 0) is 6.42 Å². The summed E-state index contributed by atoms with van der Waals surface area (Å²) in [6, 6.07) is 0. The van der Waals surface area contributed by atoms with Gasteiger partial charge < -0.3 is 9.84 Å². The van der Waals surface area contributed by atoms with Crippen LogP contribution in [0.5, 0.6) is 0 Å². The minimum Gasteiger partial charge on any atom is -0.360 e. The van der Waals surface area contributed by atoms with Gasteiger partial charge in [0.1, 0.15) is 0 Å². The van der Waals surface area contributed by atoms with Crippen LogP contribution in [0, 0.1) is 6.92 Å². The largest absolute Gasteiger partial charge is 0.360 e. The number of hydrogen-bond acceptors (Lipinski definition) is 7. The number of hydrogen-bond donors (Lipinski definition) is 1. The lowest BCUT2D eigenvalue weighted by atomic mass is 10.4. The first-order valence-electron chi connectivity index (χ1n) is 4.26. The van der Waals surface area contributed by atoms with Gasteiger partial charge in [0.2, 0.25) is 11.0 Å². The number of aromatic nitrogens is 4. The lowest BCUT2D eigenvalue weighted by molar-refractivity contribution is 0.377. The van der Waals surface area contributed by atoms with Gasteiger partial charge in [-0.15, -0.1) is 10.2 Å². The van der Waals surface area contributed by atoms with Gasteiger partial charge in [0.25, 0.3) is 0 Å². The van der Waals surface area contributed by atoms with Crippen molar-refractivity contribution in [1.82, 2.24) is 20.3 Å². The Labute approximate surface area is 98.2 Å². The number of halogens is 1. The van der Waals surface area contributed by atoms with E-state index in [4.69, 9.17) is 4.52 Å². The molecule has 0 fully saturated rings. The van der Waals surface area contributed by atoms with Gasteiger partial charge in [-0.1, -0.05) is 16.5 Å². The van der Waals surface area contributed by atoms with Gasteiger partial charge in [-0.05, 0) is 22.9 Å². The molecule has 0 aliphatic rings. The van der Waals surface area contributed by atoms with Crippen molar-refractivity contribution in [2.75, 3.05) is 11.9 Å². The van der Waals surface area contributed by atoms with Crippen LogP contribution in [0.25, 0.3) is 0 Å². The van der Waals surface area contributed by atoms with E-state index in [1.807, 2.05) is 0 Å². The van der Waals surface area contributed by atoms with Crippen LogP contribution in [0.15, 0.2) is 8.44 Å². The van der Waals surface area contributed by atoms with Crippen molar-refractivity contribution in [3.8, 4) is 0 Å². The Hall–Kier alpha value is -1.02. The molecule has 0 spiro atoms. The minimum absolute atomic E-state index is 0.628. The lowest BCUT2D eigenvalue weighted by Gasteiger charge is -1.96.